The maximum Gasteiger partial charge on any atom is 0.251 e. The second-order valence-corrected chi connectivity index (χ2v) is 7.36. The molecule has 0 radical (unpaired) electrons. The molecule has 0 spiro atoms. The largest absolute Gasteiger partial charge is 0.357 e. The Kier molecular flexibility index (Phi) is 13.1. The summed E-state index contributed by atoms with van der Waals surface area (Å²) < 4.78 is 0. The van der Waals surface area contributed by atoms with Gasteiger partial charge in [0, 0.05) is 51.3 Å². The van der Waals surface area contributed by atoms with Gasteiger partial charge in [0.05, 0.1) is 0 Å². The topological polar surface area (TPSA) is 85.8 Å². The molecular weight excluding hydrogens is 493 g/mol. The Bertz CT molecular complexity index is 696. The van der Waals surface area contributed by atoms with Crippen LogP contribution in [0.3, 0.4) is 0 Å². The highest BCUT2D eigenvalue weighted by molar-refractivity contribution is 14.0. The van der Waals surface area contributed by atoms with Gasteiger partial charge in [0.15, 0.2) is 5.96 Å². The Morgan fingerprint density at radius 1 is 1.13 bits per heavy atom. The molecule has 1 aromatic carbocycles. The molecule has 30 heavy (non-hydrogen) atoms. The molecule has 168 valence electrons. The van der Waals surface area contributed by atoms with Crippen LogP contribution in [0.4, 0.5) is 0 Å². The number of carbonyl (C=O) groups excluding carboxylic acids is 2. The molecule has 1 aromatic rings. The third kappa shape index (κ3) is 9.77. The van der Waals surface area contributed by atoms with Crippen molar-refractivity contribution in [3.63, 3.8) is 0 Å². The summed E-state index contributed by atoms with van der Waals surface area (Å²) in [5.41, 5.74) is 1.74. The minimum atomic E-state index is -0.0699. The van der Waals surface area contributed by atoms with Crippen molar-refractivity contribution in [2.45, 2.75) is 46.0 Å². The van der Waals surface area contributed by atoms with Gasteiger partial charge in [0.25, 0.3) is 5.91 Å². The van der Waals surface area contributed by atoms with Crippen molar-refractivity contribution < 1.29 is 9.59 Å². The van der Waals surface area contributed by atoms with E-state index in [0.717, 1.165) is 56.8 Å². The number of halogens is 1. The molecule has 1 fully saturated rings. The number of benzene rings is 1. The van der Waals surface area contributed by atoms with E-state index in [-0.39, 0.29) is 35.8 Å². The van der Waals surface area contributed by atoms with Gasteiger partial charge in [0.2, 0.25) is 5.91 Å². The van der Waals surface area contributed by atoms with Crippen molar-refractivity contribution in [2.75, 3.05) is 39.3 Å². The summed E-state index contributed by atoms with van der Waals surface area (Å²) in [6.45, 7) is 8.18. The quantitative estimate of drug-likeness (QED) is 0.199. The maximum atomic E-state index is 12.2. The van der Waals surface area contributed by atoms with Crippen LogP contribution in [-0.4, -0.2) is 61.9 Å². The fraction of sp³-hybridized carbons (Fsp3) is 0.591. The van der Waals surface area contributed by atoms with Crippen LogP contribution in [-0.2, 0) is 4.79 Å². The lowest BCUT2D eigenvalue weighted by atomic mass is 10.1. The summed E-state index contributed by atoms with van der Waals surface area (Å²) in [4.78, 5) is 30.7. The second-order valence-electron chi connectivity index (χ2n) is 7.36. The normalized spacial score (nSPS) is 14.5. The summed E-state index contributed by atoms with van der Waals surface area (Å²) in [7, 11) is 0. The van der Waals surface area contributed by atoms with E-state index in [0.29, 0.717) is 31.6 Å². The molecule has 7 nitrogen and oxygen atoms in total. The molecule has 0 saturated carbocycles. The van der Waals surface area contributed by atoms with Crippen LogP contribution < -0.4 is 16.0 Å². The fourth-order valence-corrected chi connectivity index (χ4v) is 3.31. The molecule has 0 unspecified atom stereocenters. The summed E-state index contributed by atoms with van der Waals surface area (Å²) >= 11 is 0. The van der Waals surface area contributed by atoms with Crippen LogP contribution in [0.1, 0.15) is 54.9 Å². The van der Waals surface area contributed by atoms with E-state index in [9.17, 15) is 9.59 Å². The lowest BCUT2D eigenvalue weighted by Crippen LogP contribution is -2.41. The van der Waals surface area contributed by atoms with E-state index in [4.69, 9.17) is 0 Å². The number of guanidine groups is 1. The van der Waals surface area contributed by atoms with Crippen molar-refractivity contribution in [1.82, 2.24) is 20.9 Å². The Balaban J connectivity index is 0.00000450. The van der Waals surface area contributed by atoms with Gasteiger partial charge >= 0.3 is 0 Å². The van der Waals surface area contributed by atoms with E-state index < -0.39 is 0 Å². The second kappa shape index (κ2) is 15.0. The number of rotatable bonds is 9. The highest BCUT2D eigenvalue weighted by Crippen LogP contribution is 2.11. The molecule has 0 atom stereocenters. The predicted octanol–water partition coefficient (Wildman–Crippen LogP) is 2.69. The van der Waals surface area contributed by atoms with Gasteiger partial charge in [-0.2, -0.15) is 0 Å². The van der Waals surface area contributed by atoms with Crippen LogP contribution in [0.25, 0.3) is 0 Å². The van der Waals surface area contributed by atoms with E-state index in [1.807, 2.05) is 43.0 Å². The first-order valence-electron chi connectivity index (χ1n) is 10.7. The Morgan fingerprint density at radius 2 is 1.93 bits per heavy atom. The third-order valence-electron chi connectivity index (χ3n) is 4.85. The molecule has 0 aromatic heterocycles. The SMILES string of the molecule is CCNC(=NCCCN1CCCCCC1=O)NCCNC(=O)c1cccc(C)c1.I. The molecule has 0 bridgehead atoms. The van der Waals surface area contributed by atoms with E-state index >= 15 is 0 Å². The first-order valence-corrected chi connectivity index (χ1v) is 10.7. The van der Waals surface area contributed by atoms with Gasteiger partial charge in [-0.05, 0) is 45.2 Å². The van der Waals surface area contributed by atoms with E-state index in [2.05, 4.69) is 20.9 Å². The molecule has 1 aliphatic rings. The highest BCUT2D eigenvalue weighted by atomic mass is 127. The summed E-state index contributed by atoms with van der Waals surface area (Å²) in [6, 6.07) is 7.55. The molecule has 0 aliphatic carbocycles. The minimum absolute atomic E-state index is 0. The van der Waals surface area contributed by atoms with Gasteiger partial charge in [0.1, 0.15) is 0 Å². The summed E-state index contributed by atoms with van der Waals surface area (Å²) in [5, 5.41) is 9.37. The number of hydrogen-bond acceptors (Lipinski definition) is 3. The zero-order valence-corrected chi connectivity index (χ0v) is 20.5. The van der Waals surface area contributed by atoms with Crippen LogP contribution >= 0.6 is 24.0 Å². The molecule has 3 N–H and O–H groups in total. The van der Waals surface area contributed by atoms with Crippen molar-refractivity contribution in [3.8, 4) is 0 Å². The van der Waals surface area contributed by atoms with E-state index in [1.165, 1.54) is 0 Å². The van der Waals surface area contributed by atoms with Gasteiger partial charge in [-0.15, -0.1) is 24.0 Å². The number of likely N-dealkylation sites (tertiary alicyclic amines) is 1. The maximum absolute atomic E-state index is 12.2. The van der Waals surface area contributed by atoms with Crippen LogP contribution in [0, 0.1) is 6.92 Å². The predicted molar refractivity (Wildman–Crippen MR) is 133 cm³/mol. The van der Waals surface area contributed by atoms with Crippen LogP contribution in [0.2, 0.25) is 0 Å². The Hall–Kier alpha value is -1.84. The first-order chi connectivity index (χ1) is 14.1. The molecule has 2 amide bonds. The lowest BCUT2D eigenvalue weighted by Gasteiger charge is -2.20. The molecule has 2 rings (SSSR count). The average molecular weight is 529 g/mol. The van der Waals surface area contributed by atoms with Gasteiger partial charge in [-0.1, -0.05) is 24.1 Å². The number of nitrogens with zero attached hydrogens (tertiary/aromatic N) is 2. The first kappa shape index (κ1) is 26.2. The zero-order valence-electron chi connectivity index (χ0n) is 18.2. The summed E-state index contributed by atoms with van der Waals surface area (Å²) in [5.74, 6) is 0.944. The van der Waals surface area contributed by atoms with Gasteiger partial charge < -0.3 is 20.9 Å². The molecule has 1 aliphatic heterocycles. The van der Waals surface area contributed by atoms with E-state index in [1.54, 1.807) is 0 Å². The Labute approximate surface area is 197 Å². The van der Waals surface area contributed by atoms with Crippen molar-refractivity contribution in [3.05, 3.63) is 35.4 Å². The van der Waals surface area contributed by atoms with Gasteiger partial charge in [-0.3, -0.25) is 14.6 Å². The average Bonchev–Trinajstić information content (AvgIpc) is 2.92. The van der Waals surface area contributed by atoms with Crippen molar-refractivity contribution in [2.24, 2.45) is 4.99 Å². The van der Waals surface area contributed by atoms with Crippen molar-refractivity contribution in [1.29, 1.82) is 0 Å². The van der Waals surface area contributed by atoms with Crippen molar-refractivity contribution >= 4 is 41.8 Å². The number of aryl methyl sites for hydroxylation is 1. The highest BCUT2D eigenvalue weighted by Gasteiger charge is 2.15. The summed E-state index contributed by atoms with van der Waals surface area (Å²) in [6.07, 6.45) is 4.80. The minimum Gasteiger partial charge on any atom is -0.357 e. The zero-order chi connectivity index (χ0) is 20.9. The van der Waals surface area contributed by atoms with Gasteiger partial charge in [-0.25, -0.2) is 0 Å². The standard InChI is InChI=1S/C22H35N5O2.HI/c1-3-23-22(25-12-8-16-27-15-6-4-5-11-20(27)28)26-14-13-24-21(29)19-10-7-9-18(2)17-19;/h7,9-10,17H,3-6,8,11-16H2,1-2H3,(H,24,29)(H2,23,25,26);1H. The number of carbonyl (C=O) groups is 2. The van der Waals surface area contributed by atoms with Crippen LogP contribution in [0.5, 0.6) is 0 Å². The molecular formula is C22H36IN5O2. The monoisotopic (exact) mass is 529 g/mol. The fourth-order valence-electron chi connectivity index (χ4n) is 3.31. The Morgan fingerprint density at radius 3 is 2.70 bits per heavy atom. The molecule has 1 heterocycles. The number of aliphatic imine (C=N–C) groups is 1. The molecule has 8 heteroatoms. The number of amides is 2. The number of nitrogens with one attached hydrogen (secondary N) is 3. The smallest absolute Gasteiger partial charge is 0.251 e. The third-order valence-corrected chi connectivity index (χ3v) is 4.85. The lowest BCUT2D eigenvalue weighted by molar-refractivity contribution is -0.130. The molecule has 1 saturated heterocycles. The van der Waals surface area contributed by atoms with Crippen LogP contribution in [0.15, 0.2) is 29.3 Å². The number of hydrogen-bond donors (Lipinski definition) is 3.